The van der Waals surface area contributed by atoms with Crippen molar-refractivity contribution in [2.45, 2.75) is 19.4 Å². The molecule has 1 aliphatic rings. The van der Waals surface area contributed by atoms with Gasteiger partial charge in [-0.3, -0.25) is 0 Å². The predicted molar refractivity (Wildman–Crippen MR) is 122 cm³/mol. The third-order valence-electron chi connectivity index (χ3n) is 5.61. The second kappa shape index (κ2) is 7.17. The molecule has 2 aromatic carbocycles. The number of fused-ring (bicyclic) bond motifs is 1. The molecule has 1 saturated heterocycles. The number of thiophene rings is 1. The Morgan fingerprint density at radius 3 is 2.69 bits per heavy atom. The highest BCUT2D eigenvalue weighted by Crippen LogP contribution is 2.40. The van der Waals surface area contributed by atoms with Crippen LogP contribution in [-0.2, 0) is 0 Å². The number of anilines is 1. The van der Waals surface area contributed by atoms with Crippen LogP contribution in [0.2, 0.25) is 0 Å². The van der Waals surface area contributed by atoms with E-state index in [0.717, 1.165) is 42.1 Å². The van der Waals surface area contributed by atoms with E-state index in [-0.39, 0.29) is 11.8 Å². The number of rotatable bonds is 3. The first-order chi connectivity index (χ1) is 14.1. The van der Waals surface area contributed by atoms with E-state index in [4.69, 9.17) is 10.7 Å². The molecule has 1 aliphatic heterocycles. The monoisotopic (exact) mass is 401 g/mol. The van der Waals surface area contributed by atoms with E-state index in [2.05, 4.69) is 48.2 Å². The highest BCUT2D eigenvalue weighted by atomic mass is 32.1. The largest absolute Gasteiger partial charge is 0.508 e. The average Bonchev–Trinajstić information content (AvgIpc) is 3.31. The van der Waals surface area contributed by atoms with Gasteiger partial charge in [-0.25, -0.2) is 4.98 Å². The van der Waals surface area contributed by atoms with Gasteiger partial charge >= 0.3 is 0 Å². The summed E-state index contributed by atoms with van der Waals surface area (Å²) in [6.45, 7) is 3.93. The number of aromatic nitrogens is 1. The quantitative estimate of drug-likeness (QED) is 0.496. The standard InChI is InChI=1S/C24H23N3OS/c1-15-20-7-2-3-8-22(20)29-24(15)17-12-21(16-5-4-6-19(28)11-16)26-23(13-17)27-10-9-18(25)14-27/h2-8,11-13,18,28H,9-10,14,25H2,1H3. The molecule has 2 aromatic heterocycles. The number of aromatic hydroxyl groups is 1. The van der Waals surface area contributed by atoms with Crippen LogP contribution in [-0.4, -0.2) is 29.2 Å². The second-order valence-electron chi connectivity index (χ2n) is 7.70. The summed E-state index contributed by atoms with van der Waals surface area (Å²) in [5, 5.41) is 11.3. The van der Waals surface area contributed by atoms with Crippen LogP contribution in [0, 0.1) is 6.92 Å². The molecule has 146 valence electrons. The molecule has 0 spiro atoms. The number of phenolic OH excluding ortho intramolecular Hbond substituents is 1. The molecule has 4 aromatic rings. The van der Waals surface area contributed by atoms with Crippen LogP contribution in [0.25, 0.3) is 31.8 Å². The number of aryl methyl sites for hydroxylation is 1. The molecule has 3 heterocycles. The number of nitrogens with zero attached hydrogens (tertiary/aromatic N) is 2. The lowest BCUT2D eigenvalue weighted by molar-refractivity contribution is 0.475. The molecule has 0 radical (unpaired) electrons. The van der Waals surface area contributed by atoms with Crippen molar-refractivity contribution in [2.24, 2.45) is 5.73 Å². The zero-order valence-electron chi connectivity index (χ0n) is 16.3. The minimum absolute atomic E-state index is 0.190. The molecular formula is C24H23N3OS. The van der Waals surface area contributed by atoms with Crippen LogP contribution < -0.4 is 10.6 Å². The van der Waals surface area contributed by atoms with E-state index in [1.807, 2.05) is 23.5 Å². The Hall–Kier alpha value is -2.89. The van der Waals surface area contributed by atoms with E-state index in [1.54, 1.807) is 12.1 Å². The molecule has 1 fully saturated rings. The smallest absolute Gasteiger partial charge is 0.129 e. The van der Waals surface area contributed by atoms with Crippen molar-refractivity contribution in [3.05, 3.63) is 66.2 Å². The molecule has 4 nitrogen and oxygen atoms in total. The number of pyridine rings is 1. The van der Waals surface area contributed by atoms with Crippen LogP contribution in [0.15, 0.2) is 60.7 Å². The van der Waals surface area contributed by atoms with Crippen molar-refractivity contribution in [3.63, 3.8) is 0 Å². The van der Waals surface area contributed by atoms with Gasteiger partial charge in [0, 0.05) is 34.3 Å². The molecular weight excluding hydrogens is 378 g/mol. The van der Waals surface area contributed by atoms with Gasteiger partial charge in [-0.1, -0.05) is 30.3 Å². The topological polar surface area (TPSA) is 62.4 Å². The van der Waals surface area contributed by atoms with E-state index in [0.29, 0.717) is 0 Å². The molecule has 3 N–H and O–H groups in total. The number of hydrogen-bond acceptors (Lipinski definition) is 5. The first kappa shape index (κ1) is 18.2. The molecule has 1 unspecified atom stereocenters. The van der Waals surface area contributed by atoms with Crippen LogP contribution in [0.1, 0.15) is 12.0 Å². The number of benzene rings is 2. The lowest BCUT2D eigenvalue weighted by Crippen LogP contribution is -2.26. The van der Waals surface area contributed by atoms with E-state index < -0.39 is 0 Å². The summed E-state index contributed by atoms with van der Waals surface area (Å²) >= 11 is 1.82. The van der Waals surface area contributed by atoms with Crippen molar-refractivity contribution in [2.75, 3.05) is 18.0 Å². The highest BCUT2D eigenvalue weighted by Gasteiger charge is 2.22. The maximum Gasteiger partial charge on any atom is 0.129 e. The fourth-order valence-electron chi connectivity index (χ4n) is 4.07. The summed E-state index contributed by atoms with van der Waals surface area (Å²) < 4.78 is 1.29. The maximum absolute atomic E-state index is 9.96. The Bertz CT molecular complexity index is 1200. The van der Waals surface area contributed by atoms with Crippen molar-refractivity contribution in [1.29, 1.82) is 0 Å². The molecule has 1 atom stereocenters. The van der Waals surface area contributed by atoms with Gasteiger partial charge in [0.1, 0.15) is 11.6 Å². The molecule has 29 heavy (non-hydrogen) atoms. The predicted octanol–water partition coefficient (Wildman–Crippen LogP) is 5.18. The van der Waals surface area contributed by atoms with Crippen LogP contribution in [0.3, 0.4) is 0 Å². The zero-order chi connectivity index (χ0) is 20.0. The SMILES string of the molecule is Cc1c(-c2cc(-c3cccc(O)c3)nc(N3CCC(N)C3)c2)sc2ccccc12. The van der Waals surface area contributed by atoms with E-state index in [1.165, 1.54) is 20.5 Å². The number of nitrogens with two attached hydrogens (primary N) is 1. The van der Waals surface area contributed by atoms with Crippen LogP contribution >= 0.6 is 11.3 Å². The van der Waals surface area contributed by atoms with Gasteiger partial charge in [0.05, 0.1) is 5.69 Å². The third-order valence-corrected chi connectivity index (χ3v) is 6.93. The van der Waals surface area contributed by atoms with Gasteiger partial charge in [0.25, 0.3) is 0 Å². The molecule has 5 rings (SSSR count). The van der Waals surface area contributed by atoms with Gasteiger partial charge in [-0.2, -0.15) is 0 Å². The Morgan fingerprint density at radius 1 is 1.07 bits per heavy atom. The number of hydrogen-bond donors (Lipinski definition) is 2. The summed E-state index contributed by atoms with van der Waals surface area (Å²) in [5.74, 6) is 1.20. The van der Waals surface area contributed by atoms with Gasteiger partial charge in [-0.15, -0.1) is 11.3 Å². The van der Waals surface area contributed by atoms with Gasteiger partial charge in [0.2, 0.25) is 0 Å². The average molecular weight is 402 g/mol. The summed E-state index contributed by atoms with van der Waals surface area (Å²) in [5.41, 5.74) is 10.4. The Balaban J connectivity index is 1.69. The third kappa shape index (κ3) is 3.37. The van der Waals surface area contributed by atoms with Gasteiger partial charge < -0.3 is 15.7 Å². The molecule has 0 bridgehead atoms. The lowest BCUT2D eigenvalue weighted by Gasteiger charge is -2.19. The summed E-state index contributed by atoms with van der Waals surface area (Å²) in [6, 6.07) is 20.3. The second-order valence-corrected chi connectivity index (χ2v) is 8.75. The molecule has 0 saturated carbocycles. The number of phenols is 1. The maximum atomic E-state index is 9.96. The Labute approximate surface area is 174 Å². The fraction of sp³-hybridized carbons (Fsp3) is 0.208. The summed E-state index contributed by atoms with van der Waals surface area (Å²) in [6.07, 6.45) is 0.981. The van der Waals surface area contributed by atoms with E-state index in [9.17, 15) is 5.11 Å². The van der Waals surface area contributed by atoms with Crippen molar-refractivity contribution in [1.82, 2.24) is 4.98 Å². The molecule has 0 amide bonds. The van der Waals surface area contributed by atoms with Crippen molar-refractivity contribution in [3.8, 4) is 27.4 Å². The minimum Gasteiger partial charge on any atom is -0.508 e. The van der Waals surface area contributed by atoms with Gasteiger partial charge in [-0.05, 0) is 60.2 Å². The van der Waals surface area contributed by atoms with Crippen LogP contribution in [0.4, 0.5) is 5.82 Å². The summed E-state index contributed by atoms with van der Waals surface area (Å²) in [4.78, 5) is 8.46. The van der Waals surface area contributed by atoms with Gasteiger partial charge in [0.15, 0.2) is 0 Å². The first-order valence-corrected chi connectivity index (χ1v) is 10.7. The first-order valence-electron chi connectivity index (χ1n) is 9.89. The lowest BCUT2D eigenvalue weighted by atomic mass is 10.0. The highest BCUT2D eigenvalue weighted by molar-refractivity contribution is 7.22. The van der Waals surface area contributed by atoms with Crippen molar-refractivity contribution < 1.29 is 5.11 Å². The van der Waals surface area contributed by atoms with E-state index >= 15 is 0 Å². The normalized spacial score (nSPS) is 16.6. The van der Waals surface area contributed by atoms with Crippen molar-refractivity contribution >= 4 is 27.2 Å². The zero-order valence-corrected chi connectivity index (χ0v) is 17.1. The Kier molecular flexibility index (Phi) is 4.49. The summed E-state index contributed by atoms with van der Waals surface area (Å²) in [7, 11) is 0. The minimum atomic E-state index is 0.190. The Morgan fingerprint density at radius 2 is 1.93 bits per heavy atom. The molecule has 0 aliphatic carbocycles. The van der Waals surface area contributed by atoms with Crippen LogP contribution in [0.5, 0.6) is 5.75 Å². The fourth-order valence-corrected chi connectivity index (χ4v) is 5.26. The molecule has 5 heteroatoms.